The van der Waals surface area contributed by atoms with Crippen molar-refractivity contribution in [1.82, 2.24) is 14.9 Å². The van der Waals surface area contributed by atoms with Crippen molar-refractivity contribution in [2.75, 3.05) is 16.5 Å². The van der Waals surface area contributed by atoms with Gasteiger partial charge in [-0.1, -0.05) is 0 Å². The van der Waals surface area contributed by atoms with Crippen LogP contribution in [0.2, 0.25) is 0 Å². The van der Waals surface area contributed by atoms with Crippen LogP contribution in [-0.4, -0.2) is 27.0 Å². The molecule has 16 heavy (non-hydrogen) atoms. The van der Waals surface area contributed by atoms with Crippen molar-refractivity contribution < 1.29 is 18.0 Å². The molecular formula is C6H5F3N6O. The molecule has 0 spiro atoms. The van der Waals surface area contributed by atoms with Gasteiger partial charge in [0.05, 0.1) is 0 Å². The number of nitrogens with one attached hydrogen (secondary N) is 2. The fourth-order valence-electron chi connectivity index (χ4n) is 1.06. The number of halogens is 3. The summed E-state index contributed by atoms with van der Waals surface area (Å²) in [6, 6.07) is 0. The van der Waals surface area contributed by atoms with Crippen LogP contribution in [-0.2, 0) is 4.79 Å². The van der Waals surface area contributed by atoms with Crippen LogP contribution >= 0.6 is 0 Å². The van der Waals surface area contributed by atoms with Gasteiger partial charge in [-0.2, -0.15) is 17.8 Å². The predicted molar refractivity (Wildman–Crippen MR) is 46.6 cm³/mol. The highest BCUT2D eigenvalue weighted by atomic mass is 19.4. The van der Waals surface area contributed by atoms with Crippen LogP contribution in [0.1, 0.15) is 0 Å². The highest BCUT2D eigenvalue weighted by molar-refractivity contribution is 5.99. The summed E-state index contributed by atoms with van der Waals surface area (Å²) in [6.07, 6.45) is -4.33. The number of amides is 1. The number of nitrogen functional groups attached to an aromatic ring is 1. The fraction of sp³-hybridized carbons (Fsp3) is 0.167. The van der Waals surface area contributed by atoms with Gasteiger partial charge in [-0.25, -0.2) is 0 Å². The molecule has 7 nitrogen and oxygen atoms in total. The number of rotatable bonds is 0. The monoisotopic (exact) mass is 234 g/mol. The third kappa shape index (κ3) is 1.64. The van der Waals surface area contributed by atoms with E-state index in [-0.39, 0.29) is 11.9 Å². The smallest absolute Gasteiger partial charge is 0.366 e. The molecule has 0 fully saturated rings. The van der Waals surface area contributed by atoms with Gasteiger partial charge in [0.25, 0.3) is 11.9 Å². The summed E-state index contributed by atoms with van der Waals surface area (Å²) in [5, 5.41) is 8.76. The number of hydrogen-bond donors (Lipinski definition) is 3. The number of aromatic nitrogens is 3. The second-order valence-corrected chi connectivity index (χ2v) is 2.87. The molecule has 1 aromatic rings. The van der Waals surface area contributed by atoms with Crippen molar-refractivity contribution in [3.8, 4) is 0 Å². The van der Waals surface area contributed by atoms with Crippen molar-refractivity contribution in [3.63, 3.8) is 0 Å². The molecule has 0 saturated carbocycles. The minimum atomic E-state index is -4.70. The van der Waals surface area contributed by atoms with Gasteiger partial charge in [0.2, 0.25) is 5.95 Å². The van der Waals surface area contributed by atoms with E-state index in [2.05, 4.69) is 15.5 Å². The predicted octanol–water partition coefficient (Wildman–Crippen LogP) is -0.198. The van der Waals surface area contributed by atoms with Gasteiger partial charge in [0.1, 0.15) is 5.70 Å². The van der Waals surface area contributed by atoms with Crippen molar-refractivity contribution in [2.24, 2.45) is 0 Å². The molecule has 0 aliphatic carbocycles. The molecule has 4 N–H and O–H groups in total. The van der Waals surface area contributed by atoms with E-state index in [1.807, 2.05) is 5.43 Å². The first-order valence-electron chi connectivity index (χ1n) is 3.96. The third-order valence-corrected chi connectivity index (χ3v) is 1.74. The van der Waals surface area contributed by atoms with Gasteiger partial charge in [-0.3, -0.25) is 15.5 Å². The quantitative estimate of drug-likeness (QED) is 0.577. The number of nitrogens with zero attached hydrogens (tertiary/aromatic N) is 3. The summed E-state index contributed by atoms with van der Waals surface area (Å²) in [5.41, 5.74) is 5.91. The van der Waals surface area contributed by atoms with E-state index in [0.29, 0.717) is 6.08 Å². The molecule has 0 saturated heterocycles. The number of carbonyl (C=O) groups excluding carboxylic acids is 1. The van der Waals surface area contributed by atoms with E-state index >= 15 is 0 Å². The van der Waals surface area contributed by atoms with E-state index in [0.717, 1.165) is 4.68 Å². The second kappa shape index (κ2) is 3.12. The Kier molecular flexibility index (Phi) is 2.00. The molecule has 1 amide bonds. The minimum absolute atomic E-state index is 0.210. The Bertz CT molecular complexity index is 475. The molecule has 0 atom stereocenters. The molecule has 2 heterocycles. The largest absolute Gasteiger partial charge is 0.432 e. The van der Waals surface area contributed by atoms with Gasteiger partial charge in [-0.05, 0) is 0 Å². The lowest BCUT2D eigenvalue weighted by molar-refractivity contribution is -0.113. The lowest BCUT2D eigenvalue weighted by atomic mass is 10.4. The second-order valence-electron chi connectivity index (χ2n) is 2.87. The Hall–Kier alpha value is -2.26. The molecule has 0 radical (unpaired) electrons. The zero-order valence-electron chi connectivity index (χ0n) is 7.54. The maximum absolute atomic E-state index is 12.4. The van der Waals surface area contributed by atoms with E-state index in [1.165, 1.54) is 0 Å². The fourth-order valence-corrected chi connectivity index (χ4v) is 1.06. The van der Waals surface area contributed by atoms with E-state index < -0.39 is 17.8 Å². The Balaban J connectivity index is 2.46. The summed E-state index contributed by atoms with van der Waals surface area (Å²) in [4.78, 5) is 11.1. The highest BCUT2D eigenvalue weighted by Gasteiger charge is 2.37. The average Bonchev–Trinajstić information content (AvgIpc) is 2.41. The number of fused-ring (bicyclic) bond motifs is 1. The molecule has 0 aromatic carbocycles. The van der Waals surface area contributed by atoms with Crippen LogP contribution < -0.4 is 16.5 Å². The van der Waals surface area contributed by atoms with Crippen molar-refractivity contribution >= 4 is 17.8 Å². The lowest BCUT2D eigenvalue weighted by Crippen LogP contribution is -2.26. The average molecular weight is 234 g/mol. The van der Waals surface area contributed by atoms with E-state index in [1.54, 1.807) is 0 Å². The van der Waals surface area contributed by atoms with Gasteiger partial charge in [0, 0.05) is 6.08 Å². The van der Waals surface area contributed by atoms with Crippen molar-refractivity contribution in [1.29, 1.82) is 0 Å². The number of alkyl halides is 3. The third-order valence-electron chi connectivity index (χ3n) is 1.74. The van der Waals surface area contributed by atoms with Gasteiger partial charge >= 0.3 is 6.18 Å². The summed E-state index contributed by atoms with van der Waals surface area (Å²) >= 11 is 0. The topological polar surface area (TPSA) is 97.9 Å². The zero-order chi connectivity index (χ0) is 11.9. The Morgan fingerprint density at radius 1 is 1.38 bits per heavy atom. The first kappa shape index (κ1) is 10.3. The van der Waals surface area contributed by atoms with Crippen LogP contribution in [0.5, 0.6) is 0 Å². The molecule has 0 bridgehead atoms. The first-order chi connectivity index (χ1) is 7.38. The maximum atomic E-state index is 12.4. The van der Waals surface area contributed by atoms with Crippen LogP contribution in [0.3, 0.4) is 0 Å². The van der Waals surface area contributed by atoms with E-state index in [9.17, 15) is 18.0 Å². The summed E-state index contributed by atoms with van der Waals surface area (Å²) < 4.78 is 38.0. The highest BCUT2D eigenvalue weighted by Crippen LogP contribution is 2.26. The number of anilines is 2. The molecule has 0 unspecified atom stereocenters. The van der Waals surface area contributed by atoms with Crippen molar-refractivity contribution in [2.45, 2.75) is 6.18 Å². The van der Waals surface area contributed by atoms with Crippen molar-refractivity contribution in [3.05, 3.63) is 11.8 Å². The number of hydrogen-bond acceptors (Lipinski definition) is 5. The number of carbonyl (C=O) groups is 1. The van der Waals surface area contributed by atoms with Crippen LogP contribution in [0, 0.1) is 0 Å². The molecule has 1 aliphatic rings. The lowest BCUT2D eigenvalue weighted by Gasteiger charge is -2.13. The van der Waals surface area contributed by atoms with Crippen LogP contribution in [0.25, 0.3) is 0 Å². The SMILES string of the molecule is Nc1nnc2n1NC(C(F)(F)F)=CC(=O)N2. The molecule has 1 aliphatic heterocycles. The maximum Gasteiger partial charge on any atom is 0.432 e. The van der Waals surface area contributed by atoms with Gasteiger partial charge in [-0.15, -0.1) is 10.2 Å². The minimum Gasteiger partial charge on any atom is -0.366 e. The Morgan fingerprint density at radius 3 is 2.69 bits per heavy atom. The van der Waals surface area contributed by atoms with Crippen LogP contribution in [0.4, 0.5) is 25.1 Å². The molecule has 1 aromatic heterocycles. The first-order valence-corrected chi connectivity index (χ1v) is 3.96. The summed E-state index contributed by atoms with van der Waals surface area (Å²) in [6.45, 7) is 0. The van der Waals surface area contributed by atoms with E-state index in [4.69, 9.17) is 5.73 Å². The van der Waals surface area contributed by atoms with Crippen LogP contribution in [0.15, 0.2) is 11.8 Å². The molecule has 2 rings (SSSR count). The zero-order valence-corrected chi connectivity index (χ0v) is 7.54. The van der Waals surface area contributed by atoms with Gasteiger partial charge in [0.15, 0.2) is 0 Å². The standard InChI is InChI=1S/C6H5F3N6O/c7-6(8,9)2-1-3(16)11-5-13-12-4(10)15(5)14-2/h1,14H,(H2,10,12)(H,11,13,16). The molecule has 86 valence electrons. The number of allylic oxidation sites excluding steroid dienone is 1. The molecular weight excluding hydrogens is 229 g/mol. The summed E-state index contributed by atoms with van der Waals surface area (Å²) in [7, 11) is 0. The molecule has 10 heteroatoms. The van der Waals surface area contributed by atoms with Gasteiger partial charge < -0.3 is 5.73 Å². The summed E-state index contributed by atoms with van der Waals surface area (Å²) in [5.74, 6) is -1.48. The number of nitrogens with two attached hydrogens (primary N) is 1. The normalized spacial score (nSPS) is 15.7. The Labute approximate surface area is 86.1 Å². The Morgan fingerprint density at radius 2 is 2.06 bits per heavy atom.